The van der Waals surface area contributed by atoms with Crippen molar-refractivity contribution in [2.45, 2.75) is 18.2 Å². The van der Waals surface area contributed by atoms with E-state index in [9.17, 15) is 18.3 Å². The average Bonchev–Trinajstić information content (AvgIpc) is 2.60. The van der Waals surface area contributed by atoms with E-state index >= 15 is 0 Å². The van der Waals surface area contributed by atoms with Crippen molar-refractivity contribution in [3.8, 4) is 0 Å². The van der Waals surface area contributed by atoms with Gasteiger partial charge in [0.05, 0.1) is 16.3 Å². The van der Waals surface area contributed by atoms with Crippen molar-refractivity contribution in [2.75, 3.05) is 12.0 Å². The summed E-state index contributed by atoms with van der Waals surface area (Å²) >= 11 is 5.82. The van der Waals surface area contributed by atoms with Crippen LogP contribution in [0.15, 0.2) is 58.5 Å². The first-order valence-electron chi connectivity index (χ1n) is 7.64. The van der Waals surface area contributed by atoms with Crippen LogP contribution in [0.1, 0.15) is 18.9 Å². The second-order valence-corrected chi connectivity index (χ2v) is 7.57. The van der Waals surface area contributed by atoms with E-state index < -0.39 is 22.4 Å². The van der Waals surface area contributed by atoms with Gasteiger partial charge in [-0.25, -0.2) is 13.1 Å². The van der Waals surface area contributed by atoms with Gasteiger partial charge in [-0.15, -0.1) is 0 Å². The Kier molecular flexibility index (Phi) is 6.73. The molecule has 0 aliphatic heterocycles. The molecule has 0 spiro atoms. The molecular weight excluding hydrogens is 378 g/mol. The van der Waals surface area contributed by atoms with Gasteiger partial charge < -0.3 is 9.90 Å². The maximum Gasteiger partial charge on any atom is 0.240 e. The van der Waals surface area contributed by atoms with E-state index in [0.29, 0.717) is 16.3 Å². The minimum atomic E-state index is -3.82. The molecule has 0 radical (unpaired) electrons. The van der Waals surface area contributed by atoms with E-state index in [1.165, 1.54) is 12.1 Å². The molecule has 0 aliphatic carbocycles. The number of nitrogens with zero attached hydrogens (tertiary/aromatic N) is 1. The van der Waals surface area contributed by atoms with Crippen molar-refractivity contribution in [3.05, 3.63) is 59.1 Å². The fourth-order valence-electron chi connectivity index (χ4n) is 2.00. The molecule has 26 heavy (non-hydrogen) atoms. The third kappa shape index (κ3) is 5.83. The predicted molar refractivity (Wildman–Crippen MR) is 98.5 cm³/mol. The monoisotopic (exact) mass is 394 g/mol. The lowest BCUT2D eigenvalue weighted by molar-refractivity contribution is -0.305. The summed E-state index contributed by atoms with van der Waals surface area (Å²) in [7, 11) is -3.82. The minimum absolute atomic E-state index is 0.0226. The largest absolute Gasteiger partial charge is 0.550 e. The zero-order valence-electron chi connectivity index (χ0n) is 13.9. The predicted octanol–water partition coefficient (Wildman–Crippen LogP) is 1.59. The van der Waals surface area contributed by atoms with E-state index in [4.69, 9.17) is 11.6 Å². The SMILES string of the molecule is C/C(=N/Nc1ccc(Cl)cc1)c1cccc(S(=O)(=O)NCCC(=O)[O-])c1. The molecule has 2 aromatic carbocycles. The standard InChI is InChI=1S/C17H18ClN3O4S/c1-12(20-21-15-7-5-14(18)6-8-15)13-3-2-4-16(11-13)26(24,25)19-10-9-17(22)23/h2-8,11,19,21H,9-10H2,1H3,(H,22,23)/p-1/b20-12-. The van der Waals surface area contributed by atoms with Crippen molar-refractivity contribution < 1.29 is 18.3 Å². The molecule has 2 rings (SSSR count). The first kappa shape index (κ1) is 19.9. The number of carboxylic acids is 1. The Labute approximate surface area is 156 Å². The zero-order valence-corrected chi connectivity index (χ0v) is 15.5. The lowest BCUT2D eigenvalue weighted by Gasteiger charge is -2.09. The van der Waals surface area contributed by atoms with Crippen molar-refractivity contribution in [2.24, 2.45) is 5.10 Å². The Morgan fingerprint density at radius 3 is 2.54 bits per heavy atom. The van der Waals surface area contributed by atoms with Crippen LogP contribution in [0.5, 0.6) is 0 Å². The molecule has 0 saturated heterocycles. The van der Waals surface area contributed by atoms with Crippen LogP contribution >= 0.6 is 11.6 Å². The minimum Gasteiger partial charge on any atom is -0.550 e. The molecule has 0 unspecified atom stereocenters. The Bertz CT molecular complexity index is 912. The number of carbonyl (C=O) groups is 1. The van der Waals surface area contributed by atoms with Crippen LogP contribution in [0.25, 0.3) is 0 Å². The molecule has 138 valence electrons. The van der Waals surface area contributed by atoms with Crippen LogP contribution in [0.4, 0.5) is 5.69 Å². The zero-order chi connectivity index (χ0) is 19.2. The Morgan fingerprint density at radius 2 is 1.88 bits per heavy atom. The van der Waals surface area contributed by atoms with Gasteiger partial charge >= 0.3 is 0 Å². The fourth-order valence-corrected chi connectivity index (χ4v) is 3.20. The molecule has 0 bridgehead atoms. The summed E-state index contributed by atoms with van der Waals surface area (Å²) in [6.45, 7) is 1.50. The highest BCUT2D eigenvalue weighted by atomic mass is 35.5. The van der Waals surface area contributed by atoms with Crippen LogP contribution in [0.2, 0.25) is 5.02 Å². The molecule has 0 amide bonds. The summed E-state index contributed by atoms with van der Waals surface area (Å²) in [6.07, 6.45) is -0.398. The highest BCUT2D eigenvalue weighted by molar-refractivity contribution is 7.89. The van der Waals surface area contributed by atoms with Gasteiger partial charge in [-0.2, -0.15) is 5.10 Å². The Balaban J connectivity index is 2.12. The number of nitrogens with one attached hydrogen (secondary N) is 2. The van der Waals surface area contributed by atoms with Crippen LogP contribution in [-0.2, 0) is 14.8 Å². The number of hydrogen-bond acceptors (Lipinski definition) is 6. The van der Waals surface area contributed by atoms with E-state index in [2.05, 4.69) is 15.2 Å². The van der Waals surface area contributed by atoms with E-state index in [1.54, 1.807) is 43.3 Å². The number of rotatable bonds is 8. The lowest BCUT2D eigenvalue weighted by Crippen LogP contribution is -2.31. The van der Waals surface area contributed by atoms with Gasteiger partial charge in [-0.05, 0) is 48.9 Å². The van der Waals surface area contributed by atoms with Crippen LogP contribution in [0.3, 0.4) is 0 Å². The number of carboxylic acid groups (broad SMARTS) is 1. The highest BCUT2D eigenvalue weighted by Crippen LogP contribution is 2.15. The van der Waals surface area contributed by atoms with Gasteiger partial charge in [0.2, 0.25) is 10.0 Å². The maximum absolute atomic E-state index is 12.2. The van der Waals surface area contributed by atoms with E-state index in [1.807, 2.05) is 0 Å². The molecular formula is C17H17ClN3O4S-. The molecule has 0 aromatic heterocycles. The molecule has 0 atom stereocenters. The number of hydrogen-bond donors (Lipinski definition) is 2. The van der Waals surface area contributed by atoms with Crippen molar-refractivity contribution in [3.63, 3.8) is 0 Å². The van der Waals surface area contributed by atoms with Crippen molar-refractivity contribution in [1.29, 1.82) is 0 Å². The van der Waals surface area contributed by atoms with Crippen LogP contribution < -0.4 is 15.3 Å². The van der Waals surface area contributed by atoms with Crippen LogP contribution in [-0.4, -0.2) is 26.6 Å². The average molecular weight is 395 g/mol. The van der Waals surface area contributed by atoms with Crippen LogP contribution in [0, 0.1) is 0 Å². The molecule has 0 saturated carbocycles. The number of carbonyl (C=O) groups excluding carboxylic acids is 1. The molecule has 0 fully saturated rings. The van der Waals surface area contributed by atoms with Gasteiger partial charge in [-0.1, -0.05) is 23.7 Å². The molecule has 9 heteroatoms. The summed E-state index contributed by atoms with van der Waals surface area (Å²) in [5.74, 6) is -1.32. The first-order chi connectivity index (χ1) is 12.3. The van der Waals surface area contributed by atoms with Gasteiger partial charge in [0.1, 0.15) is 0 Å². The van der Waals surface area contributed by atoms with Gasteiger partial charge in [0.15, 0.2) is 0 Å². The molecule has 7 nitrogen and oxygen atoms in total. The number of benzene rings is 2. The summed E-state index contributed by atoms with van der Waals surface area (Å²) < 4.78 is 26.6. The number of aliphatic carboxylic acids is 1. The first-order valence-corrected chi connectivity index (χ1v) is 9.50. The number of anilines is 1. The Morgan fingerprint density at radius 1 is 1.19 bits per heavy atom. The second kappa shape index (κ2) is 8.79. The highest BCUT2D eigenvalue weighted by Gasteiger charge is 2.14. The molecule has 2 N–H and O–H groups in total. The number of hydrazone groups is 1. The van der Waals surface area contributed by atoms with E-state index in [0.717, 1.165) is 5.69 Å². The summed E-state index contributed by atoms with van der Waals surface area (Å²) in [5, 5.41) is 15.2. The second-order valence-electron chi connectivity index (χ2n) is 5.36. The summed E-state index contributed by atoms with van der Waals surface area (Å²) in [5.41, 5.74) is 4.79. The van der Waals surface area contributed by atoms with Gasteiger partial charge in [-0.3, -0.25) is 5.43 Å². The normalized spacial score (nSPS) is 12.0. The van der Waals surface area contributed by atoms with E-state index in [-0.39, 0.29) is 11.4 Å². The van der Waals surface area contributed by atoms with Gasteiger partial charge in [0, 0.05) is 24.0 Å². The van der Waals surface area contributed by atoms with Crippen molar-refractivity contribution in [1.82, 2.24) is 4.72 Å². The third-order valence-electron chi connectivity index (χ3n) is 3.38. The van der Waals surface area contributed by atoms with Gasteiger partial charge in [0.25, 0.3) is 0 Å². The summed E-state index contributed by atoms with van der Waals surface area (Å²) in [6, 6.07) is 13.2. The lowest BCUT2D eigenvalue weighted by atomic mass is 10.1. The topological polar surface area (TPSA) is 111 Å². The molecule has 0 heterocycles. The van der Waals surface area contributed by atoms with Crippen molar-refractivity contribution >= 4 is 39.0 Å². The number of halogens is 1. The number of sulfonamides is 1. The maximum atomic E-state index is 12.2. The molecule has 2 aromatic rings. The molecule has 0 aliphatic rings. The fraction of sp³-hybridized carbons (Fsp3) is 0.176. The Hall–Kier alpha value is -2.42. The quantitative estimate of drug-likeness (QED) is 0.521. The third-order valence-corrected chi connectivity index (χ3v) is 5.09. The summed E-state index contributed by atoms with van der Waals surface area (Å²) in [4.78, 5) is 10.4. The smallest absolute Gasteiger partial charge is 0.240 e.